The van der Waals surface area contributed by atoms with E-state index in [-0.39, 0.29) is 38.8 Å². The molecule has 0 N–H and O–H groups in total. The Bertz CT molecular complexity index is 4750. The Morgan fingerprint density at radius 1 is 0.331 bits per heavy atom. The van der Waals surface area contributed by atoms with Gasteiger partial charge in [0, 0.05) is 67.5 Å². The maximum absolute atomic E-state index is 13.3. The van der Waals surface area contributed by atoms with Crippen LogP contribution in [0, 0.1) is 37.5 Å². The molecule has 0 aliphatic heterocycles. The first-order valence-corrected chi connectivity index (χ1v) is 45.2. The number of carbonyl (C=O) groups excluding carboxylic acids is 2. The van der Waals surface area contributed by atoms with Gasteiger partial charge in [0.2, 0.25) is 0 Å². The summed E-state index contributed by atoms with van der Waals surface area (Å²) in [6.45, 7) is 27.2. The minimum atomic E-state index is -3.39. The fourth-order valence-corrected chi connectivity index (χ4v) is 16.9. The van der Waals surface area contributed by atoms with Crippen molar-refractivity contribution in [1.82, 2.24) is 0 Å². The van der Waals surface area contributed by atoms with Gasteiger partial charge < -0.3 is 46.8 Å². The molecular formula is C102H124N2O12P2. The molecule has 0 aromatic heterocycles. The predicted octanol–water partition coefficient (Wildman–Crippen LogP) is 28.8. The fraction of sp³-hybridized carbons (Fsp3) is 0.333. The van der Waals surface area contributed by atoms with Crippen molar-refractivity contribution >= 4 is 98.3 Å². The molecule has 0 saturated heterocycles. The zero-order valence-corrected chi connectivity index (χ0v) is 73.7. The monoisotopic (exact) mass is 1630 g/mol. The first-order chi connectivity index (χ1) is 57.1. The second-order valence-electron chi connectivity index (χ2n) is 30.5. The molecule has 0 saturated carbocycles. The van der Waals surface area contributed by atoms with E-state index in [1.54, 1.807) is 78.3 Å². The third-order valence-corrected chi connectivity index (χ3v) is 24.1. The van der Waals surface area contributed by atoms with Gasteiger partial charge in [-0.1, -0.05) is 237 Å². The highest BCUT2D eigenvalue weighted by atomic mass is 31.2. The lowest BCUT2D eigenvalue weighted by molar-refractivity contribution is 0.111. The first-order valence-electron chi connectivity index (χ1n) is 41.7. The molecule has 0 amide bonds. The van der Waals surface area contributed by atoms with Gasteiger partial charge in [-0.25, -0.2) is 0 Å². The molecule has 0 heterocycles. The van der Waals surface area contributed by atoms with E-state index in [0.29, 0.717) is 64.7 Å². The Balaban J connectivity index is 0.000000243. The van der Waals surface area contributed by atoms with Crippen LogP contribution in [-0.2, 0) is 39.5 Å². The Hall–Kier alpha value is -10.1. The molecule has 10 rings (SSSR count). The van der Waals surface area contributed by atoms with Crippen molar-refractivity contribution in [3.63, 3.8) is 0 Å². The maximum atomic E-state index is 13.3. The van der Waals surface area contributed by atoms with Gasteiger partial charge >= 0.3 is 15.2 Å². The van der Waals surface area contributed by atoms with Crippen molar-refractivity contribution in [2.45, 2.75) is 147 Å². The average Bonchev–Trinajstić information content (AvgIpc) is 0.806. The van der Waals surface area contributed by atoms with Crippen molar-refractivity contribution in [2.24, 2.45) is 23.7 Å². The Kier molecular flexibility index (Phi) is 39.0. The van der Waals surface area contributed by atoms with E-state index in [1.165, 1.54) is 48.8 Å². The highest BCUT2D eigenvalue weighted by Gasteiger charge is 2.31. The maximum Gasteiger partial charge on any atom is 0.335 e. The Morgan fingerprint density at radius 3 is 0.966 bits per heavy atom. The zero-order valence-electron chi connectivity index (χ0n) is 71.9. The van der Waals surface area contributed by atoms with Crippen LogP contribution in [0.5, 0.6) is 23.0 Å². The molecule has 10 aromatic rings. The molecule has 0 bridgehead atoms. The van der Waals surface area contributed by atoms with Gasteiger partial charge in [0.05, 0.1) is 66.2 Å². The van der Waals surface area contributed by atoms with Crippen LogP contribution >= 0.6 is 15.2 Å². The van der Waals surface area contributed by atoms with Crippen LogP contribution in [0.3, 0.4) is 0 Å². The zero-order chi connectivity index (χ0) is 84.7. The SMILES string of the molecule is CCOP(=O)(Cc1cc(OCCC(C)CCCC(C)C)c(CP(=O)(OCC)OCC)cc1OC)OCC.COc1cc(C=Cc2ccccc2)c(OCCC(C)CCCC(C)C)cc1C=Cc1ccc(N(c2ccc(C)cc2)c2ccc(C=Cc3ccccc3)cc2)cc1.Cc1ccc(N(c2ccc(C=O)cc2)c2ccc(C=O)cc2)cc1. The smallest absolute Gasteiger partial charge is 0.335 e. The summed E-state index contributed by atoms with van der Waals surface area (Å²) in [6.07, 6.45) is 23.9. The van der Waals surface area contributed by atoms with Gasteiger partial charge in [0.1, 0.15) is 35.6 Å². The highest BCUT2D eigenvalue weighted by molar-refractivity contribution is 7.53. The van der Waals surface area contributed by atoms with Crippen LogP contribution in [0.25, 0.3) is 36.5 Å². The number of aryl methyl sites for hydroxylation is 2. The molecule has 0 aliphatic rings. The molecule has 0 aliphatic carbocycles. The molecule has 2 atom stereocenters. The summed E-state index contributed by atoms with van der Waals surface area (Å²) in [4.78, 5) is 26.2. The Morgan fingerprint density at radius 2 is 0.627 bits per heavy atom. The van der Waals surface area contributed by atoms with Gasteiger partial charge in [-0.15, -0.1) is 0 Å². The van der Waals surface area contributed by atoms with Crippen molar-refractivity contribution in [3.05, 3.63) is 297 Å². The van der Waals surface area contributed by atoms with E-state index in [1.807, 2.05) is 43.3 Å². The minimum Gasteiger partial charge on any atom is -0.496 e. The predicted molar refractivity (Wildman–Crippen MR) is 493 cm³/mol. The van der Waals surface area contributed by atoms with Gasteiger partial charge in [-0.05, 0) is 222 Å². The molecule has 2 unspecified atom stereocenters. The third-order valence-electron chi connectivity index (χ3n) is 20.0. The first kappa shape index (κ1) is 93.4. The molecule has 0 radical (unpaired) electrons. The van der Waals surface area contributed by atoms with E-state index in [0.717, 1.165) is 111 Å². The van der Waals surface area contributed by atoms with Gasteiger partial charge in [-0.2, -0.15) is 0 Å². The van der Waals surface area contributed by atoms with Crippen molar-refractivity contribution < 1.29 is 55.8 Å². The summed E-state index contributed by atoms with van der Waals surface area (Å²) in [5.41, 5.74) is 17.7. The van der Waals surface area contributed by atoms with Crippen LogP contribution in [0.1, 0.15) is 197 Å². The van der Waals surface area contributed by atoms with Crippen LogP contribution in [0.2, 0.25) is 0 Å². The lowest BCUT2D eigenvalue weighted by Crippen LogP contribution is -2.10. The van der Waals surface area contributed by atoms with E-state index in [4.69, 9.17) is 37.0 Å². The topological polar surface area (TPSA) is 149 Å². The molecule has 14 nitrogen and oxygen atoms in total. The molecular weight excluding hydrogens is 1510 g/mol. The summed E-state index contributed by atoms with van der Waals surface area (Å²) in [7, 11) is -3.50. The molecule has 16 heteroatoms. The largest absolute Gasteiger partial charge is 0.496 e. The van der Waals surface area contributed by atoms with Crippen LogP contribution < -0.4 is 28.7 Å². The van der Waals surface area contributed by atoms with Crippen LogP contribution in [-0.4, -0.2) is 66.4 Å². The van der Waals surface area contributed by atoms with Crippen molar-refractivity contribution in [1.29, 1.82) is 0 Å². The van der Waals surface area contributed by atoms with Gasteiger partial charge in [0.25, 0.3) is 0 Å². The Labute approximate surface area is 704 Å². The van der Waals surface area contributed by atoms with E-state index >= 15 is 0 Å². The number of anilines is 6. The lowest BCUT2D eigenvalue weighted by atomic mass is 9.97. The number of rotatable bonds is 44. The average molecular weight is 1630 g/mol. The minimum absolute atomic E-state index is 0.0364. The quantitative estimate of drug-likeness (QED) is 0.0202. The normalized spacial score (nSPS) is 12.1. The number of methoxy groups -OCH3 is 2. The van der Waals surface area contributed by atoms with Gasteiger partial charge in [0.15, 0.2) is 0 Å². The van der Waals surface area contributed by atoms with E-state index < -0.39 is 15.2 Å². The number of hydrogen-bond acceptors (Lipinski definition) is 14. The van der Waals surface area contributed by atoms with Crippen molar-refractivity contribution in [3.8, 4) is 23.0 Å². The van der Waals surface area contributed by atoms with Crippen molar-refractivity contribution in [2.75, 3.05) is 63.7 Å². The number of hydrogen-bond donors (Lipinski definition) is 0. The summed E-state index contributed by atoms with van der Waals surface area (Å²) >= 11 is 0. The number of nitrogens with zero attached hydrogens (tertiary/aromatic N) is 2. The van der Waals surface area contributed by atoms with E-state index in [9.17, 15) is 18.7 Å². The number of aldehydes is 2. The number of carbonyl (C=O) groups is 2. The molecule has 118 heavy (non-hydrogen) atoms. The molecule has 10 aromatic carbocycles. The van der Waals surface area contributed by atoms with Crippen LogP contribution in [0.15, 0.2) is 231 Å². The standard InChI is InChI=1S/C54H57NO2.C27H50O8P2.C21H17NO2/c1-41(2)13-12-14-42(3)37-38-57-54-40-48(53(56-5)39-49(54)30-23-45-17-10-7-11-18-45)29-24-47-27-35-52(36-28-47)55(50-31-19-43(4)20-32-50)51-33-25-46(26-34-51)22-21-44-15-8-6-9-16-44;1-9-32-36(28,33-10-2)20-24-19-27(31-17-16-23(7)15-13-14-22(5)6)25(18-26(24)30-8)21-37(29,34-11-3)35-12-4;1-16-2-8-19(9-3-16)22(20-10-4-17(14-23)5-11-20)21-12-6-18(15-24)7-13-21/h6-11,15-36,39-42H,12-14,37-38H2,1-5H3;18-19,22-23H,9-17,20-21H2,1-8H3;2-15H,1H3. The van der Waals surface area contributed by atoms with Gasteiger partial charge in [-0.3, -0.25) is 18.7 Å². The van der Waals surface area contributed by atoms with E-state index in [2.05, 4.69) is 252 Å². The second-order valence-corrected chi connectivity index (χ2v) is 34.6. The third kappa shape index (κ3) is 30.7. The molecule has 0 spiro atoms. The summed E-state index contributed by atoms with van der Waals surface area (Å²) in [5, 5.41) is 0. The summed E-state index contributed by atoms with van der Waals surface area (Å²) < 4.78 is 73.1. The summed E-state index contributed by atoms with van der Waals surface area (Å²) in [6, 6.07) is 77.8. The number of benzene rings is 10. The summed E-state index contributed by atoms with van der Waals surface area (Å²) in [5.74, 6) is 5.30. The lowest BCUT2D eigenvalue weighted by Gasteiger charge is -2.26. The fourth-order valence-electron chi connectivity index (χ4n) is 13.5. The molecule has 624 valence electrons. The highest BCUT2D eigenvalue weighted by Crippen LogP contribution is 2.56. The second kappa shape index (κ2) is 49.3. The molecule has 0 fully saturated rings. The number of ether oxygens (including phenoxy) is 4. The van der Waals surface area contributed by atoms with Crippen LogP contribution in [0.4, 0.5) is 34.1 Å².